The molecule has 0 radical (unpaired) electrons. The van der Waals surface area contributed by atoms with Crippen LogP contribution < -0.4 is 9.62 Å². The van der Waals surface area contributed by atoms with Gasteiger partial charge in [-0.1, -0.05) is 61.7 Å². The van der Waals surface area contributed by atoms with Crippen LogP contribution in [0, 0.1) is 18.6 Å². The first kappa shape index (κ1) is 30.2. The van der Waals surface area contributed by atoms with Gasteiger partial charge in [0.2, 0.25) is 11.8 Å². The summed E-state index contributed by atoms with van der Waals surface area (Å²) in [5.74, 6) is -2.30. The second-order valence-corrected chi connectivity index (χ2v) is 12.2. The number of aryl methyl sites for hydroxylation is 1. The second-order valence-electron chi connectivity index (χ2n) is 10.3. The Morgan fingerprint density at radius 2 is 1.59 bits per heavy atom. The van der Waals surface area contributed by atoms with Crippen LogP contribution in [0.5, 0.6) is 0 Å². The van der Waals surface area contributed by atoms with E-state index in [1.54, 1.807) is 19.1 Å². The molecule has 218 valence electrons. The van der Waals surface area contributed by atoms with E-state index in [9.17, 15) is 22.4 Å². The lowest BCUT2D eigenvalue weighted by Crippen LogP contribution is -2.53. The van der Waals surface area contributed by atoms with E-state index in [-0.39, 0.29) is 35.5 Å². The summed E-state index contributed by atoms with van der Waals surface area (Å²) in [4.78, 5) is 28.7. The van der Waals surface area contributed by atoms with Crippen molar-refractivity contribution in [2.45, 2.75) is 69.5 Å². The fourth-order valence-corrected chi connectivity index (χ4v) is 6.50. The Morgan fingerprint density at radius 3 is 2.20 bits per heavy atom. The Bertz CT molecular complexity index is 1460. The molecule has 1 saturated carbocycles. The van der Waals surface area contributed by atoms with E-state index >= 15 is 4.39 Å². The normalized spacial score (nSPS) is 14.4. The van der Waals surface area contributed by atoms with Crippen LogP contribution in [-0.2, 0) is 26.2 Å². The monoisotopic (exact) mass is 583 g/mol. The quantitative estimate of drug-likeness (QED) is 0.331. The van der Waals surface area contributed by atoms with Gasteiger partial charge < -0.3 is 10.2 Å². The third-order valence-corrected chi connectivity index (χ3v) is 9.14. The predicted octanol–water partition coefficient (Wildman–Crippen LogP) is 5.33. The molecule has 2 amide bonds. The molecule has 41 heavy (non-hydrogen) atoms. The summed E-state index contributed by atoms with van der Waals surface area (Å²) in [5, 5.41) is 3.03. The molecular weight excluding hydrogens is 548 g/mol. The Kier molecular flexibility index (Phi) is 9.75. The van der Waals surface area contributed by atoms with Crippen LogP contribution in [0.2, 0.25) is 0 Å². The number of halogens is 2. The summed E-state index contributed by atoms with van der Waals surface area (Å²) in [7, 11) is -4.38. The summed E-state index contributed by atoms with van der Waals surface area (Å²) in [6.07, 6.45) is 3.98. The molecule has 3 aromatic carbocycles. The molecule has 1 aliphatic rings. The van der Waals surface area contributed by atoms with Crippen molar-refractivity contribution in [1.29, 1.82) is 0 Å². The number of rotatable bonds is 11. The van der Waals surface area contributed by atoms with Gasteiger partial charge >= 0.3 is 0 Å². The van der Waals surface area contributed by atoms with Crippen LogP contribution >= 0.6 is 0 Å². The molecular formula is C31H35F2N3O4S. The van der Waals surface area contributed by atoms with E-state index in [4.69, 9.17) is 0 Å². The van der Waals surface area contributed by atoms with Gasteiger partial charge in [-0.3, -0.25) is 13.9 Å². The summed E-state index contributed by atoms with van der Waals surface area (Å²) >= 11 is 0. The molecule has 1 N–H and O–H groups in total. The van der Waals surface area contributed by atoms with Crippen LogP contribution in [0.25, 0.3) is 0 Å². The Balaban J connectivity index is 1.72. The van der Waals surface area contributed by atoms with E-state index in [0.29, 0.717) is 5.56 Å². The number of hydrogen-bond acceptors (Lipinski definition) is 4. The van der Waals surface area contributed by atoms with E-state index in [1.807, 2.05) is 6.92 Å². The SMILES string of the molecule is CCC(C(=O)NC1CCCC1)N(Cc1ccc(F)cc1)C(=O)CN(c1ccccc1F)S(=O)(=O)c1ccc(C)cc1. The van der Waals surface area contributed by atoms with E-state index < -0.39 is 40.2 Å². The lowest BCUT2D eigenvalue weighted by molar-refractivity contribution is -0.140. The molecule has 1 atom stereocenters. The smallest absolute Gasteiger partial charge is 0.264 e. The highest BCUT2D eigenvalue weighted by atomic mass is 32.2. The van der Waals surface area contributed by atoms with Gasteiger partial charge in [-0.2, -0.15) is 0 Å². The van der Waals surface area contributed by atoms with Gasteiger partial charge in [0.15, 0.2) is 0 Å². The molecule has 0 aliphatic heterocycles. The second kappa shape index (κ2) is 13.2. The number of nitrogens with zero attached hydrogens (tertiary/aromatic N) is 2. The Hall–Kier alpha value is -3.79. The van der Waals surface area contributed by atoms with Gasteiger partial charge in [0, 0.05) is 12.6 Å². The number of amides is 2. The van der Waals surface area contributed by atoms with E-state index in [2.05, 4.69) is 5.32 Å². The number of hydrogen-bond donors (Lipinski definition) is 1. The van der Waals surface area contributed by atoms with Gasteiger partial charge in [0.1, 0.15) is 24.2 Å². The van der Waals surface area contributed by atoms with Crippen molar-refractivity contribution >= 4 is 27.5 Å². The summed E-state index contributed by atoms with van der Waals surface area (Å²) in [6.45, 7) is 2.77. The van der Waals surface area contributed by atoms with Crippen molar-refractivity contribution in [3.63, 3.8) is 0 Å². The van der Waals surface area contributed by atoms with Crippen LogP contribution in [0.15, 0.2) is 77.7 Å². The molecule has 1 aliphatic carbocycles. The average molecular weight is 584 g/mol. The topological polar surface area (TPSA) is 86.8 Å². The Morgan fingerprint density at radius 1 is 0.951 bits per heavy atom. The van der Waals surface area contributed by atoms with Gasteiger partial charge in [-0.25, -0.2) is 17.2 Å². The molecule has 0 heterocycles. The number of carbonyl (C=O) groups is 2. The summed E-state index contributed by atoms with van der Waals surface area (Å²) in [5.41, 5.74) is 1.11. The minimum Gasteiger partial charge on any atom is -0.352 e. The van der Waals surface area contributed by atoms with Crippen molar-refractivity contribution in [2.75, 3.05) is 10.8 Å². The van der Waals surface area contributed by atoms with Gasteiger partial charge in [0.25, 0.3) is 10.0 Å². The summed E-state index contributed by atoms with van der Waals surface area (Å²) < 4.78 is 57.0. The fraction of sp³-hybridized carbons (Fsp3) is 0.355. The molecule has 7 nitrogen and oxygen atoms in total. The van der Waals surface area contributed by atoms with Crippen LogP contribution in [-0.4, -0.2) is 43.8 Å². The first-order chi connectivity index (χ1) is 19.6. The minimum atomic E-state index is -4.38. The maximum atomic E-state index is 15.0. The van der Waals surface area contributed by atoms with Gasteiger partial charge in [-0.05, 0) is 68.1 Å². The minimum absolute atomic E-state index is 0.0103. The number of para-hydroxylation sites is 1. The fourth-order valence-electron chi connectivity index (χ4n) is 5.08. The molecule has 0 aromatic heterocycles. The number of benzene rings is 3. The molecule has 4 rings (SSSR count). The van der Waals surface area contributed by atoms with Crippen LogP contribution in [0.1, 0.15) is 50.2 Å². The van der Waals surface area contributed by atoms with Crippen LogP contribution in [0.3, 0.4) is 0 Å². The zero-order chi connectivity index (χ0) is 29.6. The number of carbonyl (C=O) groups excluding carboxylic acids is 2. The third-order valence-electron chi connectivity index (χ3n) is 7.36. The first-order valence-electron chi connectivity index (χ1n) is 13.8. The van der Waals surface area contributed by atoms with E-state index in [0.717, 1.165) is 41.6 Å². The average Bonchev–Trinajstić information content (AvgIpc) is 3.46. The standard InChI is InChI=1S/C31H35F2N3O4S/c1-3-28(31(38)34-25-8-4-5-9-25)35(20-23-14-16-24(32)17-15-23)30(37)21-36(29-11-7-6-10-27(29)33)41(39,40)26-18-12-22(2)13-19-26/h6-7,10-19,25,28H,3-5,8-9,20-21H2,1-2H3,(H,34,38). The molecule has 0 saturated heterocycles. The van der Waals surface area contributed by atoms with Crippen molar-refractivity contribution in [3.8, 4) is 0 Å². The molecule has 1 fully saturated rings. The summed E-state index contributed by atoms with van der Waals surface area (Å²) in [6, 6.07) is 16.0. The number of sulfonamides is 1. The highest BCUT2D eigenvalue weighted by molar-refractivity contribution is 7.92. The van der Waals surface area contributed by atoms with Gasteiger partial charge in [-0.15, -0.1) is 0 Å². The highest BCUT2D eigenvalue weighted by Crippen LogP contribution is 2.27. The van der Waals surface area contributed by atoms with Crippen molar-refractivity contribution in [2.24, 2.45) is 0 Å². The first-order valence-corrected chi connectivity index (χ1v) is 15.2. The van der Waals surface area contributed by atoms with Crippen LogP contribution in [0.4, 0.5) is 14.5 Å². The third kappa shape index (κ3) is 7.30. The van der Waals surface area contributed by atoms with E-state index in [1.165, 1.54) is 59.5 Å². The predicted molar refractivity (Wildman–Crippen MR) is 154 cm³/mol. The zero-order valence-corrected chi connectivity index (χ0v) is 24.0. The van der Waals surface area contributed by atoms with Crippen molar-refractivity contribution in [1.82, 2.24) is 10.2 Å². The largest absolute Gasteiger partial charge is 0.352 e. The molecule has 1 unspecified atom stereocenters. The Labute approximate surface area is 240 Å². The van der Waals surface area contributed by atoms with Gasteiger partial charge in [0.05, 0.1) is 10.6 Å². The lowest BCUT2D eigenvalue weighted by atomic mass is 10.1. The van der Waals surface area contributed by atoms with Crippen molar-refractivity contribution in [3.05, 3.63) is 95.6 Å². The number of nitrogens with one attached hydrogen (secondary N) is 1. The maximum Gasteiger partial charge on any atom is 0.264 e. The maximum absolute atomic E-state index is 15.0. The molecule has 10 heteroatoms. The highest BCUT2D eigenvalue weighted by Gasteiger charge is 2.35. The molecule has 0 bridgehead atoms. The zero-order valence-electron chi connectivity index (χ0n) is 23.2. The molecule has 0 spiro atoms. The van der Waals surface area contributed by atoms with Crippen molar-refractivity contribution < 1.29 is 26.8 Å². The number of anilines is 1. The lowest BCUT2D eigenvalue weighted by Gasteiger charge is -2.33. The molecule has 3 aromatic rings.